The molecule has 0 saturated heterocycles. The van der Waals surface area contributed by atoms with Gasteiger partial charge in [-0.3, -0.25) is 0 Å². The van der Waals surface area contributed by atoms with Gasteiger partial charge in [-0.05, 0) is 80.6 Å². The minimum atomic E-state index is 0.176. The summed E-state index contributed by atoms with van der Waals surface area (Å²) >= 11 is 0. The molecule has 0 bridgehead atoms. The molecule has 4 heteroatoms. The van der Waals surface area contributed by atoms with Gasteiger partial charge in [0, 0.05) is 46.3 Å². The van der Waals surface area contributed by atoms with E-state index in [4.69, 9.17) is 0 Å². The maximum absolute atomic E-state index is 10.2. The summed E-state index contributed by atoms with van der Waals surface area (Å²) in [6.45, 7) is 4.17. The molecule has 0 amide bonds. The maximum atomic E-state index is 10.2. The Labute approximate surface area is 211 Å². The van der Waals surface area contributed by atoms with Gasteiger partial charge in [0.05, 0.1) is 0 Å². The molecule has 2 N–H and O–H groups in total. The van der Waals surface area contributed by atoms with E-state index in [9.17, 15) is 10.2 Å². The monoisotopic (exact) mass is 472 g/mol. The standard InChI is InChI=1S/C32H28N2O2/c1-23-12-16-25(17-13-23)33(26-18-14-24(2)15-19-26)27-6-3-7-28(20-27)34(29-8-4-10-31(35)21-29)30-9-5-11-32(36)22-30/h3-22,35-36H,1-2H3. The van der Waals surface area contributed by atoms with E-state index in [0.29, 0.717) is 0 Å². The number of phenolic OH excluding ortho intramolecular Hbond substituents is 2. The van der Waals surface area contributed by atoms with Crippen LogP contribution in [0, 0.1) is 13.8 Å². The van der Waals surface area contributed by atoms with Crippen LogP contribution in [0.25, 0.3) is 0 Å². The first-order valence-corrected chi connectivity index (χ1v) is 11.9. The van der Waals surface area contributed by atoms with Crippen molar-refractivity contribution in [2.45, 2.75) is 13.8 Å². The van der Waals surface area contributed by atoms with E-state index in [1.54, 1.807) is 24.3 Å². The van der Waals surface area contributed by atoms with Gasteiger partial charge in [0.1, 0.15) is 11.5 Å². The van der Waals surface area contributed by atoms with Gasteiger partial charge >= 0.3 is 0 Å². The van der Waals surface area contributed by atoms with Gasteiger partial charge in [0.15, 0.2) is 0 Å². The van der Waals surface area contributed by atoms with E-state index >= 15 is 0 Å². The topological polar surface area (TPSA) is 46.9 Å². The summed E-state index contributed by atoms with van der Waals surface area (Å²) in [6.07, 6.45) is 0. The smallest absolute Gasteiger partial charge is 0.117 e. The third-order valence-corrected chi connectivity index (χ3v) is 6.11. The lowest BCUT2D eigenvalue weighted by atomic mass is 10.1. The Kier molecular flexibility index (Phi) is 6.33. The molecule has 5 aromatic carbocycles. The van der Waals surface area contributed by atoms with Gasteiger partial charge in [0.2, 0.25) is 0 Å². The lowest BCUT2D eigenvalue weighted by molar-refractivity contribution is 0.475. The zero-order chi connectivity index (χ0) is 25.1. The fourth-order valence-corrected chi connectivity index (χ4v) is 4.32. The van der Waals surface area contributed by atoms with Gasteiger partial charge in [0.25, 0.3) is 0 Å². The first-order valence-electron chi connectivity index (χ1n) is 11.9. The average Bonchev–Trinajstić information content (AvgIpc) is 2.87. The lowest BCUT2D eigenvalue weighted by Crippen LogP contribution is -2.13. The molecule has 0 aliphatic heterocycles. The van der Waals surface area contributed by atoms with Crippen molar-refractivity contribution < 1.29 is 10.2 Å². The fourth-order valence-electron chi connectivity index (χ4n) is 4.32. The molecule has 5 rings (SSSR count). The molecule has 5 aromatic rings. The molecule has 178 valence electrons. The highest BCUT2D eigenvalue weighted by atomic mass is 16.3. The first-order chi connectivity index (χ1) is 17.5. The Bertz CT molecular complexity index is 1390. The predicted octanol–water partition coefficient (Wildman–Crippen LogP) is 8.65. The fraction of sp³-hybridized carbons (Fsp3) is 0.0625. The highest BCUT2D eigenvalue weighted by molar-refractivity contribution is 5.83. The second-order valence-corrected chi connectivity index (χ2v) is 8.90. The van der Waals surface area contributed by atoms with Crippen molar-refractivity contribution in [3.05, 3.63) is 132 Å². The number of hydrogen-bond donors (Lipinski definition) is 2. The van der Waals surface area contributed by atoms with Crippen LogP contribution in [-0.4, -0.2) is 10.2 Å². The molecule has 0 aliphatic rings. The predicted molar refractivity (Wildman–Crippen MR) is 149 cm³/mol. The van der Waals surface area contributed by atoms with Gasteiger partial charge in [-0.15, -0.1) is 0 Å². The summed E-state index contributed by atoms with van der Waals surface area (Å²) in [4.78, 5) is 4.25. The van der Waals surface area contributed by atoms with Crippen LogP contribution < -0.4 is 9.80 Å². The zero-order valence-electron chi connectivity index (χ0n) is 20.3. The molecule has 4 nitrogen and oxygen atoms in total. The summed E-state index contributed by atoms with van der Waals surface area (Å²) in [5.74, 6) is 0.351. The van der Waals surface area contributed by atoms with Crippen LogP contribution in [0.4, 0.5) is 34.1 Å². The summed E-state index contributed by atoms with van der Waals surface area (Å²) < 4.78 is 0. The highest BCUT2D eigenvalue weighted by Crippen LogP contribution is 2.41. The van der Waals surface area contributed by atoms with Crippen molar-refractivity contribution in [3.8, 4) is 11.5 Å². The lowest BCUT2D eigenvalue weighted by Gasteiger charge is -2.29. The van der Waals surface area contributed by atoms with Gasteiger partial charge in [-0.2, -0.15) is 0 Å². The Hall–Kier alpha value is -4.70. The molecular formula is C32H28N2O2. The third-order valence-electron chi connectivity index (χ3n) is 6.11. The molecule has 36 heavy (non-hydrogen) atoms. The summed E-state index contributed by atoms with van der Waals surface area (Å²) in [7, 11) is 0. The quantitative estimate of drug-likeness (QED) is 0.260. The molecule has 0 aliphatic carbocycles. The molecule has 0 aromatic heterocycles. The Morgan fingerprint density at radius 2 is 0.722 bits per heavy atom. The van der Waals surface area contributed by atoms with Crippen LogP contribution >= 0.6 is 0 Å². The second-order valence-electron chi connectivity index (χ2n) is 8.90. The van der Waals surface area contributed by atoms with E-state index in [-0.39, 0.29) is 11.5 Å². The summed E-state index contributed by atoms with van der Waals surface area (Å²) in [6, 6.07) is 39.5. The number of hydrogen-bond acceptors (Lipinski definition) is 4. The largest absolute Gasteiger partial charge is 0.508 e. The van der Waals surface area contributed by atoms with E-state index in [1.807, 2.05) is 41.3 Å². The van der Waals surface area contributed by atoms with E-state index in [0.717, 1.165) is 34.1 Å². The summed E-state index contributed by atoms with van der Waals surface area (Å²) in [5, 5.41) is 20.4. The van der Waals surface area contributed by atoms with Crippen molar-refractivity contribution in [1.29, 1.82) is 0 Å². The minimum Gasteiger partial charge on any atom is -0.508 e. The number of benzene rings is 5. The number of phenols is 2. The van der Waals surface area contributed by atoms with Crippen LogP contribution in [0.5, 0.6) is 11.5 Å². The van der Waals surface area contributed by atoms with Gasteiger partial charge in [-0.1, -0.05) is 53.6 Å². The van der Waals surface area contributed by atoms with Gasteiger partial charge in [-0.25, -0.2) is 0 Å². The normalized spacial score (nSPS) is 10.7. The second kappa shape index (κ2) is 9.88. The highest BCUT2D eigenvalue weighted by Gasteiger charge is 2.17. The molecule has 0 fully saturated rings. The average molecular weight is 473 g/mol. The number of anilines is 6. The molecule has 0 heterocycles. The van der Waals surface area contributed by atoms with Crippen LogP contribution in [0.3, 0.4) is 0 Å². The van der Waals surface area contributed by atoms with Gasteiger partial charge < -0.3 is 20.0 Å². The zero-order valence-corrected chi connectivity index (χ0v) is 20.3. The molecule has 0 atom stereocenters. The number of nitrogens with zero attached hydrogens (tertiary/aromatic N) is 2. The van der Waals surface area contributed by atoms with Crippen LogP contribution in [0.2, 0.25) is 0 Å². The van der Waals surface area contributed by atoms with E-state index < -0.39 is 0 Å². The third kappa shape index (κ3) is 4.89. The van der Waals surface area contributed by atoms with Crippen molar-refractivity contribution in [3.63, 3.8) is 0 Å². The van der Waals surface area contributed by atoms with Crippen molar-refractivity contribution in [2.24, 2.45) is 0 Å². The molecule has 0 unspecified atom stereocenters. The Balaban J connectivity index is 1.67. The minimum absolute atomic E-state index is 0.176. The Morgan fingerprint density at radius 3 is 1.11 bits per heavy atom. The molecule has 0 radical (unpaired) electrons. The molecule has 0 spiro atoms. The SMILES string of the molecule is Cc1ccc(N(c2ccc(C)cc2)c2cccc(N(c3cccc(O)c3)c3cccc(O)c3)c2)cc1. The van der Waals surface area contributed by atoms with Crippen molar-refractivity contribution in [1.82, 2.24) is 0 Å². The number of rotatable bonds is 6. The van der Waals surface area contributed by atoms with Crippen molar-refractivity contribution >= 4 is 34.1 Å². The molecular weight excluding hydrogens is 444 g/mol. The number of aromatic hydroxyl groups is 2. The van der Waals surface area contributed by atoms with Crippen molar-refractivity contribution in [2.75, 3.05) is 9.80 Å². The number of aryl methyl sites for hydroxylation is 2. The summed E-state index contributed by atoms with van der Waals surface area (Å²) in [5.41, 5.74) is 7.99. The van der Waals surface area contributed by atoms with Crippen LogP contribution in [-0.2, 0) is 0 Å². The molecule has 0 saturated carbocycles. The van der Waals surface area contributed by atoms with E-state index in [1.165, 1.54) is 11.1 Å². The first kappa shape index (κ1) is 23.1. The van der Waals surface area contributed by atoms with Crippen LogP contribution in [0.1, 0.15) is 11.1 Å². The van der Waals surface area contributed by atoms with E-state index in [2.05, 4.69) is 79.4 Å². The Morgan fingerprint density at radius 1 is 0.389 bits per heavy atom. The maximum Gasteiger partial charge on any atom is 0.117 e. The van der Waals surface area contributed by atoms with Crippen LogP contribution in [0.15, 0.2) is 121 Å².